The first-order valence-electron chi connectivity index (χ1n) is 9.75. The predicted molar refractivity (Wildman–Crippen MR) is 115 cm³/mol. The molecule has 1 unspecified atom stereocenters. The number of nitrogens with zero attached hydrogens (tertiary/aromatic N) is 4. The van der Waals surface area contributed by atoms with Crippen LogP contribution in [0.4, 0.5) is 10.2 Å². The smallest absolute Gasteiger partial charge is 0.258 e. The van der Waals surface area contributed by atoms with Gasteiger partial charge in [0.1, 0.15) is 6.54 Å². The highest BCUT2D eigenvalue weighted by Gasteiger charge is 2.62. The van der Waals surface area contributed by atoms with Crippen molar-refractivity contribution < 1.29 is 23.9 Å². The number of likely N-dealkylation sites (tertiary alicyclic amines) is 1. The van der Waals surface area contributed by atoms with Gasteiger partial charge in [-0.2, -0.15) is 0 Å². The third kappa shape index (κ3) is 3.60. The fraction of sp³-hybridized carbons (Fsp3) is 0.333. The zero-order valence-corrected chi connectivity index (χ0v) is 18.5. The van der Waals surface area contributed by atoms with Crippen molar-refractivity contribution in [2.24, 2.45) is 0 Å². The first kappa shape index (κ1) is 22.4. The molecule has 2 aliphatic heterocycles. The predicted octanol–water partition coefficient (Wildman–Crippen LogP) is 2.04. The van der Waals surface area contributed by atoms with Gasteiger partial charge in [-0.05, 0) is 23.8 Å². The van der Waals surface area contributed by atoms with Crippen molar-refractivity contribution >= 4 is 46.7 Å². The molecule has 11 heteroatoms. The molecule has 32 heavy (non-hydrogen) atoms. The summed E-state index contributed by atoms with van der Waals surface area (Å²) in [5.41, 5.74) is -0.898. The summed E-state index contributed by atoms with van der Waals surface area (Å²) in [5, 5.41) is 10.7. The topological polar surface area (TPSA) is 94.1 Å². The molecule has 1 spiro atoms. The second-order valence-corrected chi connectivity index (χ2v) is 8.64. The lowest BCUT2D eigenvalue weighted by Crippen LogP contribution is -2.81. The zero-order valence-electron chi connectivity index (χ0n) is 17.0. The standard InChI is InChI=1S/C21H19Cl2FN4O4/c1-12(30)26-10-21(11-26)20(32)27(19-16(24)6-15(23)7-25-19)8-18(31)28(21)17(9-29)13-2-4-14(22)5-3-13/h2-7,17,29H,8-11H2,1H3. The van der Waals surface area contributed by atoms with Crippen LogP contribution >= 0.6 is 23.2 Å². The van der Waals surface area contributed by atoms with Crippen LogP contribution in [0, 0.1) is 5.82 Å². The molecule has 2 fully saturated rings. The molecule has 3 heterocycles. The molecule has 4 rings (SSSR count). The molecule has 168 valence electrons. The van der Waals surface area contributed by atoms with Gasteiger partial charge in [0.25, 0.3) is 5.91 Å². The fourth-order valence-corrected chi connectivity index (χ4v) is 4.51. The maximum Gasteiger partial charge on any atom is 0.258 e. The van der Waals surface area contributed by atoms with Crippen LogP contribution in [0.1, 0.15) is 18.5 Å². The number of aromatic nitrogens is 1. The van der Waals surface area contributed by atoms with E-state index in [-0.39, 0.29) is 29.8 Å². The third-order valence-corrected chi connectivity index (χ3v) is 6.26. The van der Waals surface area contributed by atoms with E-state index in [0.29, 0.717) is 10.6 Å². The second kappa shape index (κ2) is 8.31. The van der Waals surface area contributed by atoms with Crippen LogP contribution in [0.3, 0.4) is 0 Å². The third-order valence-electron chi connectivity index (χ3n) is 5.80. The second-order valence-electron chi connectivity index (χ2n) is 7.77. The van der Waals surface area contributed by atoms with Gasteiger partial charge in [0.15, 0.2) is 17.2 Å². The average molecular weight is 481 g/mol. The first-order valence-corrected chi connectivity index (χ1v) is 10.5. The molecular weight excluding hydrogens is 462 g/mol. The Hall–Kier alpha value is -2.75. The minimum absolute atomic E-state index is 0.0489. The summed E-state index contributed by atoms with van der Waals surface area (Å²) in [6.07, 6.45) is 1.18. The molecule has 3 amide bonds. The summed E-state index contributed by atoms with van der Waals surface area (Å²) in [7, 11) is 0. The lowest BCUT2D eigenvalue weighted by atomic mass is 9.81. The minimum atomic E-state index is -1.47. The number of hydrogen-bond acceptors (Lipinski definition) is 5. The van der Waals surface area contributed by atoms with Gasteiger partial charge in [0.2, 0.25) is 11.8 Å². The van der Waals surface area contributed by atoms with Crippen molar-refractivity contribution in [3.05, 3.63) is 58.0 Å². The first-order chi connectivity index (χ1) is 15.2. The maximum absolute atomic E-state index is 14.6. The Balaban J connectivity index is 1.77. The zero-order chi connectivity index (χ0) is 23.2. The van der Waals surface area contributed by atoms with Gasteiger partial charge >= 0.3 is 0 Å². The van der Waals surface area contributed by atoms with Gasteiger partial charge in [0, 0.05) is 18.1 Å². The number of carbonyl (C=O) groups is 3. The van der Waals surface area contributed by atoms with E-state index in [0.717, 1.165) is 11.0 Å². The van der Waals surface area contributed by atoms with Crippen molar-refractivity contribution in [2.45, 2.75) is 18.5 Å². The van der Waals surface area contributed by atoms with Gasteiger partial charge in [-0.3, -0.25) is 19.3 Å². The molecule has 1 aromatic heterocycles. The van der Waals surface area contributed by atoms with Crippen LogP contribution in [0.5, 0.6) is 0 Å². The molecule has 2 saturated heterocycles. The fourth-order valence-electron chi connectivity index (χ4n) is 4.24. The van der Waals surface area contributed by atoms with Gasteiger partial charge in [0.05, 0.1) is 30.8 Å². The number of benzene rings is 1. The lowest BCUT2D eigenvalue weighted by molar-refractivity contribution is -0.174. The number of anilines is 1. The number of piperazine rings is 1. The Kier molecular flexibility index (Phi) is 5.83. The Morgan fingerprint density at radius 3 is 2.44 bits per heavy atom. The molecule has 0 bridgehead atoms. The highest BCUT2D eigenvalue weighted by atomic mass is 35.5. The quantitative estimate of drug-likeness (QED) is 0.722. The number of aliphatic hydroxyl groups is 1. The average Bonchev–Trinajstić information content (AvgIpc) is 2.71. The monoisotopic (exact) mass is 480 g/mol. The number of rotatable bonds is 4. The molecule has 1 N–H and O–H groups in total. The van der Waals surface area contributed by atoms with Gasteiger partial charge in [-0.25, -0.2) is 9.37 Å². The Labute approximate surface area is 193 Å². The van der Waals surface area contributed by atoms with Crippen LogP contribution in [-0.4, -0.2) is 69.4 Å². The van der Waals surface area contributed by atoms with E-state index < -0.39 is 42.4 Å². The highest BCUT2D eigenvalue weighted by molar-refractivity contribution is 6.30. The number of pyridine rings is 1. The number of aliphatic hydroxyl groups excluding tert-OH is 1. The summed E-state index contributed by atoms with van der Waals surface area (Å²) in [6, 6.07) is 6.69. The van der Waals surface area contributed by atoms with E-state index in [4.69, 9.17) is 23.2 Å². The van der Waals surface area contributed by atoms with E-state index in [2.05, 4.69) is 4.98 Å². The SMILES string of the molecule is CC(=O)N1CC2(C1)C(=O)N(c1ncc(Cl)cc1F)CC(=O)N2C(CO)c1ccc(Cl)cc1. The molecule has 1 atom stereocenters. The van der Waals surface area contributed by atoms with Crippen molar-refractivity contribution in [3.63, 3.8) is 0 Å². The van der Waals surface area contributed by atoms with E-state index in [1.54, 1.807) is 24.3 Å². The summed E-state index contributed by atoms with van der Waals surface area (Å²) >= 11 is 11.7. The molecule has 2 aliphatic rings. The summed E-state index contributed by atoms with van der Waals surface area (Å²) in [5.74, 6) is -2.54. The van der Waals surface area contributed by atoms with Crippen LogP contribution in [0.2, 0.25) is 10.0 Å². The lowest BCUT2D eigenvalue weighted by Gasteiger charge is -2.59. The molecular formula is C21H19Cl2FN4O4. The van der Waals surface area contributed by atoms with Crippen molar-refractivity contribution in [1.29, 1.82) is 0 Å². The minimum Gasteiger partial charge on any atom is -0.394 e. The van der Waals surface area contributed by atoms with E-state index in [1.165, 1.54) is 22.9 Å². The van der Waals surface area contributed by atoms with Gasteiger partial charge in [-0.1, -0.05) is 35.3 Å². The van der Waals surface area contributed by atoms with Gasteiger partial charge < -0.3 is 14.9 Å². The van der Waals surface area contributed by atoms with Crippen LogP contribution in [0.15, 0.2) is 36.5 Å². The molecule has 0 radical (unpaired) electrons. The van der Waals surface area contributed by atoms with Crippen LogP contribution in [-0.2, 0) is 14.4 Å². The largest absolute Gasteiger partial charge is 0.394 e. The summed E-state index contributed by atoms with van der Waals surface area (Å²) in [6.45, 7) is 0.255. The van der Waals surface area contributed by atoms with E-state index >= 15 is 0 Å². The Morgan fingerprint density at radius 1 is 1.22 bits per heavy atom. The highest BCUT2D eigenvalue weighted by Crippen LogP contribution is 2.41. The van der Waals surface area contributed by atoms with Crippen molar-refractivity contribution in [3.8, 4) is 0 Å². The Bertz CT molecular complexity index is 1090. The Morgan fingerprint density at radius 2 is 1.88 bits per heavy atom. The molecule has 0 aliphatic carbocycles. The van der Waals surface area contributed by atoms with E-state index in [9.17, 15) is 23.9 Å². The number of halogens is 3. The summed E-state index contributed by atoms with van der Waals surface area (Å²) < 4.78 is 14.6. The van der Waals surface area contributed by atoms with Crippen LogP contribution < -0.4 is 4.90 Å². The molecule has 0 saturated carbocycles. The van der Waals surface area contributed by atoms with Crippen molar-refractivity contribution in [1.82, 2.24) is 14.8 Å². The summed E-state index contributed by atoms with van der Waals surface area (Å²) in [4.78, 5) is 46.5. The van der Waals surface area contributed by atoms with E-state index in [1.807, 2.05) is 0 Å². The normalized spacial score (nSPS) is 18.7. The number of amides is 3. The number of carbonyl (C=O) groups excluding carboxylic acids is 3. The maximum atomic E-state index is 14.6. The van der Waals surface area contributed by atoms with Gasteiger partial charge in [-0.15, -0.1) is 0 Å². The molecule has 1 aromatic carbocycles. The van der Waals surface area contributed by atoms with Crippen molar-refractivity contribution in [2.75, 3.05) is 31.1 Å². The molecule has 2 aromatic rings. The molecule has 8 nitrogen and oxygen atoms in total. The number of hydrogen-bond donors (Lipinski definition) is 1. The van der Waals surface area contributed by atoms with Crippen LogP contribution in [0.25, 0.3) is 0 Å².